The largest absolute Gasteiger partial charge is 0.497 e. The third kappa shape index (κ3) is 7.11. The van der Waals surface area contributed by atoms with Crippen LogP contribution in [0.3, 0.4) is 0 Å². The Morgan fingerprint density at radius 1 is 0.829 bits per heavy atom. The summed E-state index contributed by atoms with van der Waals surface area (Å²) in [4.78, 5) is 25.8. The Balaban J connectivity index is 1.87. The predicted octanol–water partition coefficient (Wildman–Crippen LogP) is 5.89. The zero-order chi connectivity index (χ0) is 25.5. The maximum Gasteiger partial charge on any atom is 0.353 e. The number of carbonyl (C=O) groups is 2. The summed E-state index contributed by atoms with van der Waals surface area (Å²) in [6.07, 6.45) is 0. The van der Waals surface area contributed by atoms with Crippen molar-refractivity contribution in [2.45, 2.75) is 5.75 Å². The molecule has 2 N–H and O–H groups in total. The SMILES string of the molecule is COc1ccc(CSC(N)=C(C(=O)Oc2ccc(F)c(Cl)c2)C(=O)Oc2ccc(F)c(Cl)c2)cc1. The molecule has 0 radical (unpaired) electrons. The summed E-state index contributed by atoms with van der Waals surface area (Å²) >= 11 is 12.4. The molecule has 3 aromatic carbocycles. The second kappa shape index (κ2) is 11.9. The van der Waals surface area contributed by atoms with Gasteiger partial charge in [0.25, 0.3) is 0 Å². The molecule has 0 aliphatic rings. The lowest BCUT2D eigenvalue weighted by Gasteiger charge is -2.12. The Labute approximate surface area is 213 Å². The third-order valence-corrected chi connectivity index (χ3v) is 5.98. The molecule has 0 aliphatic heterocycles. The summed E-state index contributed by atoms with van der Waals surface area (Å²) in [5, 5.41) is -0.769. The zero-order valence-electron chi connectivity index (χ0n) is 18.0. The van der Waals surface area contributed by atoms with Crippen molar-refractivity contribution in [2.75, 3.05) is 7.11 Å². The van der Waals surface area contributed by atoms with E-state index in [4.69, 9.17) is 43.1 Å². The van der Waals surface area contributed by atoms with Crippen LogP contribution in [0.4, 0.5) is 8.78 Å². The van der Waals surface area contributed by atoms with Crippen molar-refractivity contribution in [1.82, 2.24) is 0 Å². The second-order valence-electron chi connectivity index (χ2n) is 6.81. The highest BCUT2D eigenvalue weighted by atomic mass is 35.5. The predicted molar refractivity (Wildman–Crippen MR) is 130 cm³/mol. The van der Waals surface area contributed by atoms with Gasteiger partial charge < -0.3 is 19.9 Å². The lowest BCUT2D eigenvalue weighted by atomic mass is 10.2. The Morgan fingerprint density at radius 2 is 1.29 bits per heavy atom. The van der Waals surface area contributed by atoms with Crippen LogP contribution in [0.15, 0.2) is 71.3 Å². The van der Waals surface area contributed by atoms with E-state index in [9.17, 15) is 18.4 Å². The van der Waals surface area contributed by atoms with E-state index in [1.165, 1.54) is 7.11 Å². The normalized spacial score (nSPS) is 10.4. The summed E-state index contributed by atoms with van der Waals surface area (Å²) < 4.78 is 42.3. The van der Waals surface area contributed by atoms with Gasteiger partial charge in [-0.2, -0.15) is 0 Å². The quantitative estimate of drug-likeness (QED) is 0.125. The number of methoxy groups -OCH3 is 1. The molecular weight excluding hydrogens is 523 g/mol. The molecule has 182 valence electrons. The highest BCUT2D eigenvalue weighted by molar-refractivity contribution is 8.02. The van der Waals surface area contributed by atoms with Crippen LogP contribution in [0.2, 0.25) is 10.0 Å². The molecule has 0 heterocycles. The lowest BCUT2D eigenvalue weighted by molar-refractivity contribution is -0.137. The molecule has 0 unspecified atom stereocenters. The molecule has 0 amide bonds. The Hall–Kier alpha value is -3.27. The van der Waals surface area contributed by atoms with Gasteiger partial charge in [0.15, 0.2) is 5.57 Å². The minimum absolute atomic E-state index is 0.121. The number of carbonyl (C=O) groups excluding carboxylic acids is 2. The summed E-state index contributed by atoms with van der Waals surface area (Å²) in [5.74, 6) is -3.05. The number of benzene rings is 3. The minimum Gasteiger partial charge on any atom is -0.497 e. The second-order valence-corrected chi connectivity index (χ2v) is 8.64. The number of esters is 2. The lowest BCUT2D eigenvalue weighted by Crippen LogP contribution is -2.25. The number of thioether (sulfide) groups is 1. The smallest absolute Gasteiger partial charge is 0.353 e. The number of halogens is 4. The van der Waals surface area contributed by atoms with Crippen LogP contribution in [0.1, 0.15) is 5.56 Å². The van der Waals surface area contributed by atoms with Crippen molar-refractivity contribution in [3.63, 3.8) is 0 Å². The Bertz CT molecular complexity index is 1220. The van der Waals surface area contributed by atoms with Gasteiger partial charge in [-0.05, 0) is 42.0 Å². The van der Waals surface area contributed by atoms with Gasteiger partial charge >= 0.3 is 11.9 Å². The van der Waals surface area contributed by atoms with Crippen molar-refractivity contribution < 1.29 is 32.6 Å². The van der Waals surface area contributed by atoms with Crippen LogP contribution in [0.25, 0.3) is 0 Å². The van der Waals surface area contributed by atoms with E-state index in [-0.39, 0.29) is 26.6 Å². The van der Waals surface area contributed by atoms with Gasteiger partial charge in [0.2, 0.25) is 0 Å². The number of ether oxygens (including phenoxy) is 3. The highest BCUT2D eigenvalue weighted by Crippen LogP contribution is 2.27. The van der Waals surface area contributed by atoms with E-state index in [1.54, 1.807) is 24.3 Å². The fraction of sp³-hybridized carbons (Fsp3) is 0.0833. The number of hydrogen-bond acceptors (Lipinski definition) is 7. The van der Waals surface area contributed by atoms with E-state index in [0.29, 0.717) is 11.5 Å². The molecule has 0 fully saturated rings. The summed E-state index contributed by atoms with van der Waals surface area (Å²) in [5.41, 5.74) is 6.29. The Kier molecular flexibility index (Phi) is 8.97. The minimum atomic E-state index is -1.16. The maximum absolute atomic E-state index is 13.4. The van der Waals surface area contributed by atoms with Gasteiger partial charge in [0.05, 0.1) is 22.2 Å². The standard InChI is InChI=1S/C24H17Cl2F2NO5S/c1-32-14-4-2-13(3-5-14)12-35-22(29)21(23(30)33-15-6-8-19(27)17(25)10-15)24(31)34-16-7-9-20(28)18(26)11-16/h2-11H,12,29H2,1H3. The van der Waals surface area contributed by atoms with Crippen molar-refractivity contribution in [3.8, 4) is 17.2 Å². The summed E-state index contributed by atoms with van der Waals surface area (Å²) in [6, 6.07) is 13.5. The molecule has 11 heteroatoms. The number of hydrogen-bond donors (Lipinski definition) is 1. The molecule has 35 heavy (non-hydrogen) atoms. The molecule has 3 rings (SSSR count). The Morgan fingerprint density at radius 3 is 1.71 bits per heavy atom. The van der Waals surface area contributed by atoms with Gasteiger partial charge in [-0.15, -0.1) is 11.8 Å². The first-order chi connectivity index (χ1) is 16.7. The molecule has 0 spiro atoms. The maximum atomic E-state index is 13.4. The first-order valence-electron chi connectivity index (χ1n) is 9.78. The van der Waals surface area contributed by atoms with E-state index in [1.807, 2.05) is 0 Å². The fourth-order valence-electron chi connectivity index (χ4n) is 2.64. The monoisotopic (exact) mass is 539 g/mol. The van der Waals surface area contributed by atoms with Gasteiger partial charge in [0.1, 0.15) is 28.9 Å². The molecule has 0 aliphatic carbocycles. The van der Waals surface area contributed by atoms with Crippen LogP contribution in [-0.2, 0) is 15.3 Å². The molecule has 0 bridgehead atoms. The molecule has 6 nitrogen and oxygen atoms in total. The molecule has 0 aromatic heterocycles. The van der Waals surface area contributed by atoms with Crippen LogP contribution >= 0.6 is 35.0 Å². The topological polar surface area (TPSA) is 87.9 Å². The average molecular weight is 540 g/mol. The van der Waals surface area contributed by atoms with Gasteiger partial charge in [-0.1, -0.05) is 35.3 Å². The van der Waals surface area contributed by atoms with Crippen LogP contribution in [-0.4, -0.2) is 19.0 Å². The van der Waals surface area contributed by atoms with Crippen LogP contribution in [0, 0.1) is 11.6 Å². The average Bonchev–Trinajstić information content (AvgIpc) is 2.83. The highest BCUT2D eigenvalue weighted by Gasteiger charge is 2.27. The van der Waals surface area contributed by atoms with E-state index < -0.39 is 29.1 Å². The number of nitrogens with two attached hydrogens (primary N) is 1. The van der Waals surface area contributed by atoms with E-state index in [2.05, 4.69) is 0 Å². The van der Waals surface area contributed by atoms with Gasteiger partial charge in [-0.3, -0.25) is 0 Å². The zero-order valence-corrected chi connectivity index (χ0v) is 20.3. The first-order valence-corrected chi connectivity index (χ1v) is 11.5. The fourth-order valence-corrected chi connectivity index (χ4v) is 3.80. The number of rotatable bonds is 8. The molecule has 0 atom stereocenters. The molecule has 3 aromatic rings. The van der Waals surface area contributed by atoms with Gasteiger partial charge in [-0.25, -0.2) is 18.4 Å². The van der Waals surface area contributed by atoms with Crippen molar-refractivity contribution in [3.05, 3.63) is 98.5 Å². The van der Waals surface area contributed by atoms with Crippen LogP contribution < -0.4 is 19.9 Å². The van der Waals surface area contributed by atoms with Crippen molar-refractivity contribution in [2.24, 2.45) is 5.73 Å². The summed E-state index contributed by atoms with van der Waals surface area (Å²) in [7, 11) is 1.54. The van der Waals surface area contributed by atoms with E-state index >= 15 is 0 Å². The molecule has 0 saturated heterocycles. The van der Waals surface area contributed by atoms with E-state index in [0.717, 1.165) is 53.7 Å². The van der Waals surface area contributed by atoms with Gasteiger partial charge in [0, 0.05) is 17.9 Å². The molecular formula is C24H17Cl2F2NO5S. The summed E-state index contributed by atoms with van der Waals surface area (Å²) in [6.45, 7) is 0. The van der Waals surface area contributed by atoms with Crippen molar-refractivity contribution >= 4 is 46.9 Å². The van der Waals surface area contributed by atoms with Crippen LogP contribution in [0.5, 0.6) is 17.2 Å². The van der Waals surface area contributed by atoms with Crippen molar-refractivity contribution in [1.29, 1.82) is 0 Å². The first kappa shape index (κ1) is 26.3. The molecule has 0 saturated carbocycles. The third-order valence-electron chi connectivity index (χ3n) is 4.41.